The minimum atomic E-state index is -3.73. The van der Waals surface area contributed by atoms with Crippen LogP contribution in [0, 0.1) is 6.92 Å². The molecule has 1 aliphatic rings. The molecule has 4 aromatic rings. The smallest absolute Gasteiger partial charge is 0.241 e. The third-order valence-corrected chi connectivity index (χ3v) is 7.87. The Labute approximate surface area is 178 Å². The molecule has 152 valence electrons. The molecule has 30 heavy (non-hydrogen) atoms. The van der Waals surface area contributed by atoms with Crippen molar-refractivity contribution in [3.63, 3.8) is 0 Å². The average molecular weight is 438 g/mol. The summed E-state index contributed by atoms with van der Waals surface area (Å²) in [6.07, 6.45) is 0. The van der Waals surface area contributed by atoms with Gasteiger partial charge >= 0.3 is 0 Å². The Morgan fingerprint density at radius 3 is 2.40 bits per heavy atom. The van der Waals surface area contributed by atoms with E-state index in [1.165, 1.54) is 11.8 Å². The molecule has 3 aromatic carbocycles. The molecule has 0 fully saturated rings. The van der Waals surface area contributed by atoms with Crippen molar-refractivity contribution in [2.75, 3.05) is 5.73 Å². The summed E-state index contributed by atoms with van der Waals surface area (Å²) in [6, 6.07) is 18.4. The van der Waals surface area contributed by atoms with Crippen LogP contribution < -0.4 is 10.5 Å². The third kappa shape index (κ3) is 3.24. The molecule has 0 unspecified atom stereocenters. The van der Waals surface area contributed by atoms with Crippen LogP contribution in [-0.4, -0.2) is 23.6 Å². The third-order valence-electron chi connectivity index (χ3n) is 5.24. The first-order valence-corrected chi connectivity index (χ1v) is 11.7. The Morgan fingerprint density at radius 1 is 1.03 bits per heavy atom. The Bertz CT molecular complexity index is 1340. The zero-order valence-corrected chi connectivity index (χ0v) is 17.7. The number of rotatable bonds is 5. The maximum Gasteiger partial charge on any atom is 0.241 e. The standard InChI is InChI=1S/C21H19N5O2S2/c1-12-8-10-14(11-9-12)30(27,28)26-18-15-6-2-4-13-5-3-7-16(17(13)15)19(18)29-21-23-20(22)24-25-21/h2-11,18-19,26H,1H3,(H3,22,23,24,25)/t18-,19+/m1/s1. The maximum atomic E-state index is 13.2. The van der Waals surface area contributed by atoms with Crippen molar-refractivity contribution in [1.29, 1.82) is 0 Å². The SMILES string of the molecule is Cc1ccc(S(=O)(=O)N[C@@H]2c3cccc4cccc(c34)[C@@H]2Sc2n[nH]c(N)n2)cc1. The fourth-order valence-corrected chi connectivity index (χ4v) is 6.34. The average Bonchev–Trinajstić information content (AvgIpc) is 3.26. The second-order valence-electron chi connectivity index (χ2n) is 7.25. The van der Waals surface area contributed by atoms with Gasteiger partial charge in [0.1, 0.15) is 0 Å². The topological polar surface area (TPSA) is 114 Å². The van der Waals surface area contributed by atoms with Crippen LogP contribution >= 0.6 is 11.8 Å². The minimum Gasteiger partial charge on any atom is -0.368 e. The van der Waals surface area contributed by atoms with Gasteiger partial charge in [0.05, 0.1) is 16.2 Å². The number of nitrogens with one attached hydrogen (secondary N) is 2. The van der Waals surface area contributed by atoms with Gasteiger partial charge in [0.15, 0.2) is 0 Å². The predicted octanol–water partition coefficient (Wildman–Crippen LogP) is 3.72. The Kier molecular flexibility index (Phi) is 4.53. The van der Waals surface area contributed by atoms with Crippen molar-refractivity contribution in [2.45, 2.75) is 28.3 Å². The molecule has 0 spiro atoms. The van der Waals surface area contributed by atoms with E-state index in [9.17, 15) is 8.42 Å². The number of thioether (sulfide) groups is 1. The molecule has 7 nitrogen and oxygen atoms in total. The van der Waals surface area contributed by atoms with Crippen molar-refractivity contribution >= 4 is 38.5 Å². The number of benzene rings is 3. The summed E-state index contributed by atoms with van der Waals surface area (Å²) in [5.41, 5.74) is 8.68. The highest BCUT2D eigenvalue weighted by Gasteiger charge is 2.38. The zero-order valence-electron chi connectivity index (χ0n) is 16.0. The monoisotopic (exact) mass is 437 g/mol. The van der Waals surface area contributed by atoms with Crippen LogP contribution in [0.3, 0.4) is 0 Å². The highest BCUT2D eigenvalue weighted by Crippen LogP contribution is 2.52. The molecule has 4 N–H and O–H groups in total. The van der Waals surface area contributed by atoms with Gasteiger partial charge in [0.25, 0.3) is 0 Å². The van der Waals surface area contributed by atoms with Gasteiger partial charge in [-0.05, 0) is 41.0 Å². The number of sulfonamides is 1. The molecule has 1 aliphatic carbocycles. The van der Waals surface area contributed by atoms with E-state index in [-0.39, 0.29) is 16.1 Å². The lowest BCUT2D eigenvalue weighted by molar-refractivity contribution is 0.557. The molecule has 1 aromatic heterocycles. The van der Waals surface area contributed by atoms with Gasteiger partial charge in [-0.1, -0.05) is 65.9 Å². The van der Waals surface area contributed by atoms with E-state index in [1.807, 2.05) is 43.3 Å². The van der Waals surface area contributed by atoms with Crippen LogP contribution in [0.15, 0.2) is 70.7 Å². The minimum absolute atomic E-state index is 0.225. The molecule has 0 saturated carbocycles. The molecular weight excluding hydrogens is 418 g/mol. The van der Waals surface area contributed by atoms with Gasteiger partial charge < -0.3 is 5.73 Å². The van der Waals surface area contributed by atoms with E-state index in [4.69, 9.17) is 5.73 Å². The van der Waals surface area contributed by atoms with Crippen LogP contribution in [0.4, 0.5) is 5.95 Å². The number of aromatic nitrogens is 3. The van der Waals surface area contributed by atoms with Crippen molar-refractivity contribution in [1.82, 2.24) is 19.9 Å². The molecule has 0 bridgehead atoms. The second kappa shape index (κ2) is 7.12. The Hall–Kier alpha value is -2.88. The molecule has 5 rings (SSSR count). The lowest BCUT2D eigenvalue weighted by atomic mass is 10.1. The van der Waals surface area contributed by atoms with Gasteiger partial charge in [0, 0.05) is 0 Å². The first-order chi connectivity index (χ1) is 14.4. The van der Waals surface area contributed by atoms with E-state index in [2.05, 4.69) is 19.9 Å². The van der Waals surface area contributed by atoms with E-state index in [0.29, 0.717) is 5.16 Å². The predicted molar refractivity (Wildman–Crippen MR) is 118 cm³/mol. The summed E-state index contributed by atoms with van der Waals surface area (Å²) < 4.78 is 29.3. The lowest BCUT2D eigenvalue weighted by Crippen LogP contribution is -2.30. The number of H-pyrrole nitrogens is 1. The summed E-state index contributed by atoms with van der Waals surface area (Å²) in [4.78, 5) is 4.43. The maximum absolute atomic E-state index is 13.2. The summed E-state index contributed by atoms with van der Waals surface area (Å²) in [7, 11) is -3.73. The van der Waals surface area contributed by atoms with Gasteiger partial charge in [-0.25, -0.2) is 18.2 Å². The largest absolute Gasteiger partial charge is 0.368 e. The quantitative estimate of drug-likeness (QED) is 0.439. The summed E-state index contributed by atoms with van der Waals surface area (Å²) in [5, 5.41) is 9.15. The first-order valence-electron chi connectivity index (χ1n) is 9.37. The van der Waals surface area contributed by atoms with Crippen LogP contribution in [0.5, 0.6) is 0 Å². The molecule has 2 atom stereocenters. The number of anilines is 1. The lowest BCUT2D eigenvalue weighted by Gasteiger charge is -2.21. The van der Waals surface area contributed by atoms with Crippen molar-refractivity contribution < 1.29 is 8.42 Å². The fraction of sp³-hybridized carbons (Fsp3) is 0.143. The molecule has 1 heterocycles. The zero-order chi connectivity index (χ0) is 20.9. The molecule has 0 aliphatic heterocycles. The molecule has 0 saturated heterocycles. The number of hydrogen-bond acceptors (Lipinski definition) is 6. The van der Waals surface area contributed by atoms with Crippen LogP contribution in [-0.2, 0) is 10.0 Å². The van der Waals surface area contributed by atoms with Gasteiger partial charge in [-0.15, -0.1) is 5.10 Å². The summed E-state index contributed by atoms with van der Waals surface area (Å²) in [6.45, 7) is 1.92. The second-order valence-corrected chi connectivity index (χ2v) is 10.1. The molecular formula is C21H19N5O2S2. The van der Waals surface area contributed by atoms with Crippen LogP contribution in [0.1, 0.15) is 28.0 Å². The number of aryl methyl sites for hydroxylation is 1. The number of nitrogen functional groups attached to an aromatic ring is 1. The van der Waals surface area contributed by atoms with Crippen molar-refractivity contribution in [2.24, 2.45) is 0 Å². The Balaban J connectivity index is 1.59. The van der Waals surface area contributed by atoms with Crippen LogP contribution in [0.25, 0.3) is 10.8 Å². The van der Waals surface area contributed by atoms with Crippen LogP contribution in [0.2, 0.25) is 0 Å². The van der Waals surface area contributed by atoms with Gasteiger partial charge in [-0.2, -0.15) is 4.98 Å². The molecule has 0 radical (unpaired) electrons. The van der Waals surface area contributed by atoms with E-state index in [0.717, 1.165) is 27.5 Å². The van der Waals surface area contributed by atoms with E-state index >= 15 is 0 Å². The number of nitrogens with two attached hydrogens (primary N) is 1. The van der Waals surface area contributed by atoms with Crippen molar-refractivity contribution in [3.8, 4) is 0 Å². The summed E-state index contributed by atoms with van der Waals surface area (Å²) in [5.74, 6) is 0.225. The normalized spacial score (nSPS) is 18.2. The summed E-state index contributed by atoms with van der Waals surface area (Å²) >= 11 is 1.39. The molecule has 0 amide bonds. The van der Waals surface area contributed by atoms with Gasteiger partial charge in [0.2, 0.25) is 21.1 Å². The number of nitrogens with zero attached hydrogens (tertiary/aromatic N) is 2. The highest BCUT2D eigenvalue weighted by atomic mass is 32.2. The first kappa shape index (κ1) is 19.1. The van der Waals surface area contributed by atoms with Crippen molar-refractivity contribution in [3.05, 3.63) is 77.4 Å². The van der Waals surface area contributed by atoms with E-state index < -0.39 is 16.1 Å². The van der Waals surface area contributed by atoms with E-state index in [1.54, 1.807) is 24.3 Å². The highest BCUT2D eigenvalue weighted by molar-refractivity contribution is 7.99. The fourth-order valence-electron chi connectivity index (χ4n) is 3.87. The Morgan fingerprint density at radius 2 is 1.73 bits per heavy atom. The molecule has 9 heteroatoms. The number of hydrogen-bond donors (Lipinski definition) is 3. The van der Waals surface area contributed by atoms with Gasteiger partial charge in [-0.3, -0.25) is 0 Å². The number of aromatic amines is 1.